The summed E-state index contributed by atoms with van der Waals surface area (Å²) in [4.78, 5) is 0. The van der Waals surface area contributed by atoms with E-state index in [1.165, 1.54) is 12.1 Å². The van der Waals surface area contributed by atoms with E-state index >= 15 is 0 Å². The summed E-state index contributed by atoms with van der Waals surface area (Å²) in [5.41, 5.74) is 0.951. The molecule has 1 aromatic carbocycles. The Hall–Kier alpha value is -0.940. The minimum absolute atomic E-state index is 0.123. The second-order valence-corrected chi connectivity index (χ2v) is 4.63. The third kappa shape index (κ3) is 3.08. The molecule has 0 spiro atoms. The van der Waals surface area contributed by atoms with E-state index in [9.17, 15) is 12.8 Å². The van der Waals surface area contributed by atoms with Crippen LogP contribution in [0.2, 0.25) is 0 Å². The van der Waals surface area contributed by atoms with E-state index < -0.39 is 10.1 Å². The third-order valence-corrected chi connectivity index (χ3v) is 2.35. The average molecular weight is 218 g/mol. The largest absolute Gasteiger partial charge is 0.265 e. The van der Waals surface area contributed by atoms with Gasteiger partial charge < -0.3 is 0 Å². The van der Waals surface area contributed by atoms with E-state index in [4.69, 9.17) is 0 Å². The smallest absolute Gasteiger partial charge is 0.264 e. The lowest BCUT2D eigenvalue weighted by Gasteiger charge is -2.05. The molecule has 0 amide bonds. The van der Waals surface area contributed by atoms with Gasteiger partial charge >= 0.3 is 0 Å². The number of rotatable bonds is 3. The van der Waals surface area contributed by atoms with Gasteiger partial charge in [-0.15, -0.1) is 0 Å². The van der Waals surface area contributed by atoms with Gasteiger partial charge in [0.25, 0.3) is 10.1 Å². The molecule has 0 unspecified atom stereocenters. The quantitative estimate of drug-likeness (QED) is 0.724. The summed E-state index contributed by atoms with van der Waals surface area (Å²) in [7, 11) is -3.47. The van der Waals surface area contributed by atoms with Crippen molar-refractivity contribution in [2.24, 2.45) is 0 Å². The Kier molecular flexibility index (Phi) is 3.23. The monoisotopic (exact) mass is 218 g/mol. The summed E-state index contributed by atoms with van der Waals surface area (Å²) in [6.45, 7) is 1.46. The Morgan fingerprint density at radius 3 is 2.64 bits per heavy atom. The van der Waals surface area contributed by atoms with Gasteiger partial charge in [-0.3, -0.25) is 4.18 Å². The minimum Gasteiger partial charge on any atom is -0.265 e. The first-order valence-corrected chi connectivity index (χ1v) is 5.80. The van der Waals surface area contributed by atoms with Gasteiger partial charge in [0.2, 0.25) is 0 Å². The van der Waals surface area contributed by atoms with Crippen molar-refractivity contribution in [3.05, 3.63) is 35.1 Å². The van der Waals surface area contributed by atoms with E-state index in [1.54, 1.807) is 13.0 Å². The van der Waals surface area contributed by atoms with Crippen molar-refractivity contribution in [1.29, 1.82) is 0 Å². The predicted molar refractivity (Wildman–Crippen MR) is 50.8 cm³/mol. The van der Waals surface area contributed by atoms with E-state index in [-0.39, 0.29) is 12.4 Å². The Morgan fingerprint density at radius 1 is 1.43 bits per heavy atom. The number of benzene rings is 1. The number of hydrogen-bond acceptors (Lipinski definition) is 3. The van der Waals surface area contributed by atoms with E-state index in [2.05, 4.69) is 4.18 Å². The molecule has 0 aliphatic heterocycles. The third-order valence-electron chi connectivity index (χ3n) is 1.81. The Labute approximate surface area is 82.6 Å². The summed E-state index contributed by atoms with van der Waals surface area (Å²) >= 11 is 0. The van der Waals surface area contributed by atoms with Crippen molar-refractivity contribution in [3.8, 4) is 0 Å². The molecule has 0 saturated heterocycles. The number of hydrogen-bond donors (Lipinski definition) is 0. The number of halogens is 1. The lowest BCUT2D eigenvalue weighted by Crippen LogP contribution is -2.04. The van der Waals surface area contributed by atoms with Crippen LogP contribution in [0.3, 0.4) is 0 Å². The fourth-order valence-electron chi connectivity index (χ4n) is 0.979. The molecule has 0 aromatic heterocycles. The summed E-state index contributed by atoms with van der Waals surface area (Å²) in [6, 6.07) is 4.46. The van der Waals surface area contributed by atoms with Crippen molar-refractivity contribution in [1.82, 2.24) is 0 Å². The first-order chi connectivity index (χ1) is 6.40. The summed E-state index contributed by atoms with van der Waals surface area (Å²) < 4.78 is 38.9. The maximum atomic E-state index is 13.0. The van der Waals surface area contributed by atoms with Crippen LogP contribution in [0.5, 0.6) is 0 Å². The molecule has 1 rings (SSSR count). The lowest BCUT2D eigenvalue weighted by molar-refractivity contribution is 0.310. The Balaban J connectivity index is 2.83. The molecule has 1 aromatic rings. The molecular weight excluding hydrogens is 207 g/mol. The maximum Gasteiger partial charge on any atom is 0.264 e. The molecule has 0 atom stereocenters. The zero-order valence-electron chi connectivity index (χ0n) is 7.95. The van der Waals surface area contributed by atoms with Crippen LogP contribution in [0, 0.1) is 12.7 Å². The van der Waals surface area contributed by atoms with E-state index in [1.807, 2.05) is 0 Å². The molecule has 0 aliphatic rings. The molecule has 0 aliphatic carbocycles. The Bertz CT molecular complexity index is 426. The van der Waals surface area contributed by atoms with Gasteiger partial charge in [-0.1, -0.05) is 12.1 Å². The molecule has 0 saturated carbocycles. The molecule has 0 radical (unpaired) electrons. The lowest BCUT2D eigenvalue weighted by atomic mass is 10.1. The van der Waals surface area contributed by atoms with Crippen molar-refractivity contribution < 1.29 is 17.0 Å². The van der Waals surface area contributed by atoms with Crippen molar-refractivity contribution in [2.75, 3.05) is 6.26 Å². The van der Waals surface area contributed by atoms with Crippen LogP contribution in [-0.4, -0.2) is 14.7 Å². The van der Waals surface area contributed by atoms with E-state index in [0.717, 1.165) is 6.26 Å². The standard InChI is InChI=1S/C9H11FO3S/c1-7-8(4-3-5-9(7)10)6-13-14(2,11)12/h3-5H,6H2,1-2H3. The van der Waals surface area contributed by atoms with Gasteiger partial charge in [-0.2, -0.15) is 8.42 Å². The van der Waals surface area contributed by atoms with Gasteiger partial charge in [0, 0.05) is 0 Å². The molecule has 78 valence electrons. The van der Waals surface area contributed by atoms with Crippen LogP contribution in [0.1, 0.15) is 11.1 Å². The fourth-order valence-corrected chi connectivity index (χ4v) is 1.32. The maximum absolute atomic E-state index is 13.0. The summed E-state index contributed by atoms with van der Waals surface area (Å²) in [5, 5.41) is 0. The first kappa shape index (κ1) is 11.1. The average Bonchev–Trinajstić information content (AvgIpc) is 2.06. The molecular formula is C9H11FO3S. The highest BCUT2D eigenvalue weighted by Crippen LogP contribution is 2.13. The predicted octanol–water partition coefficient (Wildman–Crippen LogP) is 1.61. The van der Waals surface area contributed by atoms with Crippen LogP contribution < -0.4 is 0 Å². The Morgan fingerprint density at radius 2 is 2.07 bits per heavy atom. The van der Waals surface area contributed by atoms with Gasteiger partial charge in [-0.25, -0.2) is 4.39 Å². The van der Waals surface area contributed by atoms with Crippen molar-refractivity contribution >= 4 is 10.1 Å². The molecule has 14 heavy (non-hydrogen) atoms. The van der Waals surface area contributed by atoms with Crippen LogP contribution in [0.25, 0.3) is 0 Å². The second kappa shape index (κ2) is 4.06. The van der Waals surface area contributed by atoms with Crippen molar-refractivity contribution in [3.63, 3.8) is 0 Å². The molecule has 0 heterocycles. The fraction of sp³-hybridized carbons (Fsp3) is 0.333. The van der Waals surface area contributed by atoms with Gasteiger partial charge in [-0.05, 0) is 24.1 Å². The molecule has 5 heteroatoms. The second-order valence-electron chi connectivity index (χ2n) is 2.99. The minimum atomic E-state index is -3.47. The molecule has 0 fully saturated rings. The zero-order valence-corrected chi connectivity index (χ0v) is 8.77. The molecule has 3 nitrogen and oxygen atoms in total. The zero-order chi connectivity index (χ0) is 10.8. The van der Waals surface area contributed by atoms with Crippen LogP contribution >= 0.6 is 0 Å². The van der Waals surface area contributed by atoms with Gasteiger partial charge in [0.1, 0.15) is 5.82 Å². The molecule has 0 bridgehead atoms. The van der Waals surface area contributed by atoms with Crippen LogP contribution in [0.15, 0.2) is 18.2 Å². The highest BCUT2D eigenvalue weighted by atomic mass is 32.2. The van der Waals surface area contributed by atoms with E-state index in [0.29, 0.717) is 11.1 Å². The summed E-state index contributed by atoms with van der Waals surface area (Å²) in [6.07, 6.45) is 0.960. The van der Waals surface area contributed by atoms with Crippen LogP contribution in [-0.2, 0) is 20.9 Å². The van der Waals surface area contributed by atoms with Crippen LogP contribution in [0.4, 0.5) is 4.39 Å². The highest BCUT2D eigenvalue weighted by Gasteiger charge is 2.07. The highest BCUT2D eigenvalue weighted by molar-refractivity contribution is 7.85. The normalized spacial score (nSPS) is 11.6. The topological polar surface area (TPSA) is 43.4 Å². The molecule has 0 N–H and O–H groups in total. The van der Waals surface area contributed by atoms with Gasteiger partial charge in [0.15, 0.2) is 0 Å². The SMILES string of the molecule is Cc1c(F)cccc1COS(C)(=O)=O. The van der Waals surface area contributed by atoms with Gasteiger partial charge in [0.05, 0.1) is 12.9 Å². The summed E-state index contributed by atoms with van der Waals surface area (Å²) in [5.74, 6) is -0.361. The first-order valence-electron chi connectivity index (χ1n) is 3.98. The van der Waals surface area contributed by atoms with Crippen molar-refractivity contribution in [2.45, 2.75) is 13.5 Å².